The molecule has 12 heteroatoms. The van der Waals surface area contributed by atoms with E-state index in [0.717, 1.165) is 17.7 Å². The van der Waals surface area contributed by atoms with E-state index in [4.69, 9.17) is 0 Å². The normalized spacial score (nSPS) is 11.4. The van der Waals surface area contributed by atoms with Crippen LogP contribution < -0.4 is 16.2 Å². The SMILES string of the molecule is Cc1ccc(NC(=O)c2cccc(C(F)(F)F)c2)cc1-c1nc2c(C)nc(NCc3ccncc3)nc2[nH]c1=O. The highest BCUT2D eigenvalue weighted by Crippen LogP contribution is 2.30. The van der Waals surface area contributed by atoms with E-state index in [9.17, 15) is 22.8 Å². The molecule has 0 saturated heterocycles. The molecule has 0 aliphatic carbocycles. The molecule has 0 fully saturated rings. The Balaban J connectivity index is 1.43. The van der Waals surface area contributed by atoms with Gasteiger partial charge in [-0.3, -0.25) is 14.6 Å². The summed E-state index contributed by atoms with van der Waals surface area (Å²) in [5.74, 6) is -0.403. The van der Waals surface area contributed by atoms with Crippen LogP contribution in [-0.2, 0) is 12.7 Å². The van der Waals surface area contributed by atoms with Gasteiger partial charge in [-0.25, -0.2) is 9.97 Å². The largest absolute Gasteiger partial charge is 0.416 e. The van der Waals surface area contributed by atoms with Gasteiger partial charge in [0.05, 0.1) is 11.3 Å². The summed E-state index contributed by atoms with van der Waals surface area (Å²) in [6, 6.07) is 12.7. The molecule has 3 aromatic heterocycles. The van der Waals surface area contributed by atoms with Crippen molar-refractivity contribution in [1.29, 1.82) is 0 Å². The number of anilines is 2. The lowest BCUT2D eigenvalue weighted by atomic mass is 10.0. The molecule has 5 rings (SSSR count). The van der Waals surface area contributed by atoms with Crippen molar-refractivity contribution in [2.45, 2.75) is 26.6 Å². The second kappa shape index (κ2) is 10.6. The Kier molecular flexibility index (Phi) is 6.99. The van der Waals surface area contributed by atoms with Crippen molar-refractivity contribution in [3.8, 4) is 11.3 Å². The van der Waals surface area contributed by atoms with Gasteiger partial charge in [-0.1, -0.05) is 12.1 Å². The molecular formula is C28H22F3N7O2. The number of nitrogens with zero attached hydrogens (tertiary/aromatic N) is 4. The van der Waals surface area contributed by atoms with Gasteiger partial charge in [-0.05, 0) is 67.4 Å². The Morgan fingerprint density at radius 1 is 0.975 bits per heavy atom. The third-order valence-corrected chi connectivity index (χ3v) is 6.13. The molecule has 0 aliphatic heterocycles. The van der Waals surface area contributed by atoms with Crippen LogP contribution in [0, 0.1) is 13.8 Å². The molecule has 3 N–H and O–H groups in total. The maximum Gasteiger partial charge on any atom is 0.416 e. The van der Waals surface area contributed by atoms with Crippen molar-refractivity contribution in [2.75, 3.05) is 10.6 Å². The first kappa shape index (κ1) is 26.5. The molecule has 0 aliphatic rings. The van der Waals surface area contributed by atoms with E-state index in [1.54, 1.807) is 44.4 Å². The van der Waals surface area contributed by atoms with Crippen molar-refractivity contribution < 1.29 is 18.0 Å². The first-order chi connectivity index (χ1) is 19.1. The summed E-state index contributed by atoms with van der Waals surface area (Å²) < 4.78 is 39.2. The number of alkyl halides is 3. The van der Waals surface area contributed by atoms with Crippen molar-refractivity contribution in [3.05, 3.63) is 105 Å². The summed E-state index contributed by atoms with van der Waals surface area (Å²) >= 11 is 0. The molecule has 9 nitrogen and oxygen atoms in total. The van der Waals surface area contributed by atoms with Crippen molar-refractivity contribution >= 4 is 28.7 Å². The van der Waals surface area contributed by atoms with E-state index >= 15 is 0 Å². The van der Waals surface area contributed by atoms with Gasteiger partial charge in [-0.15, -0.1) is 0 Å². The molecule has 0 unspecified atom stereocenters. The summed E-state index contributed by atoms with van der Waals surface area (Å²) in [5, 5.41) is 5.71. The molecule has 1 amide bonds. The van der Waals surface area contributed by atoms with Crippen LogP contribution in [0.25, 0.3) is 22.4 Å². The zero-order valence-corrected chi connectivity index (χ0v) is 21.3. The molecule has 0 spiro atoms. The highest BCUT2D eigenvalue weighted by molar-refractivity contribution is 6.04. The number of nitrogens with one attached hydrogen (secondary N) is 3. The molecule has 0 saturated carbocycles. The Labute approximate surface area is 225 Å². The van der Waals surface area contributed by atoms with Gasteiger partial charge in [0.2, 0.25) is 5.95 Å². The lowest BCUT2D eigenvalue weighted by Crippen LogP contribution is -2.16. The second-order valence-electron chi connectivity index (χ2n) is 9.02. The number of pyridine rings is 1. The Morgan fingerprint density at radius 2 is 1.75 bits per heavy atom. The van der Waals surface area contributed by atoms with Crippen LogP contribution in [0.5, 0.6) is 0 Å². The maximum atomic E-state index is 13.1. The zero-order chi connectivity index (χ0) is 28.4. The van der Waals surface area contributed by atoms with Gasteiger partial charge < -0.3 is 15.6 Å². The quantitative estimate of drug-likeness (QED) is 0.265. The Bertz CT molecular complexity index is 1790. The number of aromatic nitrogens is 5. The van der Waals surface area contributed by atoms with Gasteiger partial charge in [0, 0.05) is 35.8 Å². The number of halogens is 3. The topological polar surface area (TPSA) is 126 Å². The molecule has 5 aromatic rings. The minimum absolute atomic E-state index is 0.0874. The smallest absolute Gasteiger partial charge is 0.350 e. The molecular weight excluding hydrogens is 523 g/mol. The molecule has 0 radical (unpaired) electrons. The highest BCUT2D eigenvalue weighted by atomic mass is 19.4. The van der Waals surface area contributed by atoms with E-state index in [1.165, 1.54) is 12.1 Å². The van der Waals surface area contributed by atoms with E-state index in [2.05, 4.69) is 35.6 Å². The monoisotopic (exact) mass is 545 g/mol. The van der Waals surface area contributed by atoms with Crippen LogP contribution >= 0.6 is 0 Å². The second-order valence-corrected chi connectivity index (χ2v) is 9.02. The van der Waals surface area contributed by atoms with Gasteiger partial charge >= 0.3 is 6.18 Å². The lowest BCUT2D eigenvalue weighted by Gasteiger charge is -2.12. The van der Waals surface area contributed by atoms with Gasteiger partial charge in [0.15, 0.2) is 5.65 Å². The van der Waals surface area contributed by atoms with Gasteiger partial charge in [0.1, 0.15) is 11.2 Å². The van der Waals surface area contributed by atoms with Crippen LogP contribution in [0.4, 0.5) is 24.8 Å². The first-order valence-corrected chi connectivity index (χ1v) is 12.1. The van der Waals surface area contributed by atoms with Crippen molar-refractivity contribution in [3.63, 3.8) is 0 Å². The predicted octanol–water partition coefficient (Wildman–Crippen LogP) is 5.28. The molecule has 3 heterocycles. The van der Waals surface area contributed by atoms with Crippen LogP contribution in [0.3, 0.4) is 0 Å². The molecule has 2 aromatic carbocycles. The number of H-pyrrole nitrogens is 1. The number of carbonyl (C=O) groups excluding carboxylic acids is 1. The molecule has 0 bridgehead atoms. The van der Waals surface area contributed by atoms with E-state index in [-0.39, 0.29) is 22.6 Å². The Hall–Kier alpha value is -5.13. The van der Waals surface area contributed by atoms with Crippen molar-refractivity contribution in [2.24, 2.45) is 0 Å². The number of aromatic amines is 1. The first-order valence-electron chi connectivity index (χ1n) is 12.1. The fourth-order valence-electron chi connectivity index (χ4n) is 4.06. The Morgan fingerprint density at radius 3 is 2.50 bits per heavy atom. The predicted molar refractivity (Wildman–Crippen MR) is 144 cm³/mol. The summed E-state index contributed by atoms with van der Waals surface area (Å²) in [4.78, 5) is 45.9. The fraction of sp³-hybridized carbons (Fsp3) is 0.143. The zero-order valence-electron chi connectivity index (χ0n) is 21.3. The molecule has 202 valence electrons. The van der Waals surface area contributed by atoms with E-state index < -0.39 is 23.2 Å². The number of fused-ring (bicyclic) bond motifs is 1. The van der Waals surface area contributed by atoms with E-state index in [1.807, 2.05) is 12.1 Å². The number of hydrogen-bond donors (Lipinski definition) is 3. The van der Waals surface area contributed by atoms with Crippen LogP contribution in [0.2, 0.25) is 0 Å². The number of amides is 1. The third-order valence-electron chi connectivity index (χ3n) is 6.13. The van der Waals surface area contributed by atoms with Crippen LogP contribution in [0.15, 0.2) is 71.8 Å². The molecule has 40 heavy (non-hydrogen) atoms. The van der Waals surface area contributed by atoms with Gasteiger partial charge in [-0.2, -0.15) is 18.2 Å². The number of aryl methyl sites for hydroxylation is 2. The maximum absolute atomic E-state index is 13.1. The number of benzene rings is 2. The standard InChI is InChI=1S/C28H22F3N7O2/c1-15-6-7-20(35-25(39)18-4-3-5-19(12-18)28(29,30)31)13-21(15)23-26(40)37-24-22(36-23)16(2)34-27(38-24)33-14-17-8-10-32-11-9-17/h3-13H,14H2,1-2H3,(H,35,39)(H2,33,34,37,38,40). The number of carbonyl (C=O) groups is 1. The minimum Gasteiger partial charge on any atom is -0.350 e. The average molecular weight is 546 g/mol. The van der Waals surface area contributed by atoms with Crippen LogP contribution in [0.1, 0.15) is 32.7 Å². The van der Waals surface area contributed by atoms with E-state index in [0.29, 0.717) is 34.8 Å². The number of hydrogen-bond acceptors (Lipinski definition) is 7. The summed E-state index contributed by atoms with van der Waals surface area (Å²) in [6.45, 7) is 3.98. The van der Waals surface area contributed by atoms with Crippen molar-refractivity contribution in [1.82, 2.24) is 24.9 Å². The highest BCUT2D eigenvalue weighted by Gasteiger charge is 2.31. The third kappa shape index (κ3) is 5.65. The molecule has 0 atom stereocenters. The van der Waals surface area contributed by atoms with Crippen LogP contribution in [-0.4, -0.2) is 30.8 Å². The summed E-state index contributed by atoms with van der Waals surface area (Å²) in [5.41, 5.74) is 2.08. The summed E-state index contributed by atoms with van der Waals surface area (Å²) in [7, 11) is 0. The van der Waals surface area contributed by atoms with Gasteiger partial charge in [0.25, 0.3) is 11.5 Å². The lowest BCUT2D eigenvalue weighted by molar-refractivity contribution is -0.137. The average Bonchev–Trinajstić information content (AvgIpc) is 2.93. The minimum atomic E-state index is -4.58. The number of rotatable bonds is 6. The fourth-order valence-corrected chi connectivity index (χ4v) is 4.06. The summed E-state index contributed by atoms with van der Waals surface area (Å²) in [6.07, 6.45) is -1.21.